The molecular formula is C25H44S11. The van der Waals surface area contributed by atoms with Gasteiger partial charge in [0.1, 0.15) is 0 Å². The summed E-state index contributed by atoms with van der Waals surface area (Å²) in [5, 5.41) is 5.10. The van der Waals surface area contributed by atoms with Gasteiger partial charge in [-0.2, -0.15) is 132 Å². The van der Waals surface area contributed by atoms with Crippen molar-refractivity contribution < 1.29 is 0 Å². The molecule has 0 saturated carbocycles. The van der Waals surface area contributed by atoms with Crippen LogP contribution in [0, 0.1) is 11.8 Å². The van der Waals surface area contributed by atoms with Gasteiger partial charge in [-0.15, -0.1) is 0 Å². The molecule has 0 N–H and O–H groups in total. The molecule has 4 aliphatic heterocycles. The second-order valence-corrected chi connectivity index (χ2v) is 22.2. The van der Waals surface area contributed by atoms with Crippen LogP contribution < -0.4 is 0 Å². The van der Waals surface area contributed by atoms with Crippen molar-refractivity contribution in [3.63, 3.8) is 0 Å². The van der Waals surface area contributed by atoms with Gasteiger partial charge in [-0.1, -0.05) is 0 Å². The Hall–Kier alpha value is 3.85. The van der Waals surface area contributed by atoms with E-state index in [1.165, 1.54) is 94.7 Å². The lowest BCUT2D eigenvalue weighted by Gasteiger charge is -2.33. The molecule has 4 aliphatic rings. The maximum Gasteiger partial charge on any atom is 0.0228 e. The van der Waals surface area contributed by atoms with E-state index in [4.69, 9.17) is 37.9 Å². The van der Waals surface area contributed by atoms with Crippen molar-refractivity contribution in [1.82, 2.24) is 0 Å². The Kier molecular flexibility index (Phi) is 16.8. The summed E-state index contributed by atoms with van der Waals surface area (Å²) in [6.45, 7) is 0. The molecule has 4 heterocycles. The largest absolute Gasteiger partial charge is 0.176 e. The van der Waals surface area contributed by atoms with Crippen LogP contribution in [-0.4, -0.2) is 106 Å². The molecule has 0 aromatic carbocycles. The highest BCUT2D eigenvalue weighted by molar-refractivity contribution is 8.08. The third-order valence-electron chi connectivity index (χ3n) is 7.29. The smallest absolute Gasteiger partial charge is 0.0228 e. The van der Waals surface area contributed by atoms with Crippen molar-refractivity contribution in [3.05, 3.63) is 0 Å². The van der Waals surface area contributed by atoms with Gasteiger partial charge in [0.15, 0.2) is 0 Å². The van der Waals surface area contributed by atoms with E-state index in [1.807, 2.05) is 0 Å². The first-order valence-electron chi connectivity index (χ1n) is 13.4. The minimum atomic E-state index is 0.475. The maximum absolute atomic E-state index is 5.25. The molecule has 0 aromatic rings. The monoisotopic (exact) mass is 696 g/mol. The molecule has 4 fully saturated rings. The van der Waals surface area contributed by atoms with E-state index in [2.05, 4.69) is 94.1 Å². The minimum Gasteiger partial charge on any atom is -0.176 e. The highest BCUT2D eigenvalue weighted by atomic mass is 32.2. The molecule has 11 heteroatoms. The molecule has 0 spiro atoms. The first-order chi connectivity index (χ1) is 17.6. The Morgan fingerprint density at radius 1 is 0.528 bits per heavy atom. The molecule has 0 aromatic heterocycles. The average molecular weight is 697 g/mol. The zero-order chi connectivity index (χ0) is 25.2. The second-order valence-electron chi connectivity index (χ2n) is 10.4. The van der Waals surface area contributed by atoms with Crippen LogP contribution in [-0.2, 0) is 0 Å². The Morgan fingerprint density at radius 2 is 0.861 bits per heavy atom. The van der Waals surface area contributed by atoms with Crippen molar-refractivity contribution in [1.29, 1.82) is 0 Å². The third kappa shape index (κ3) is 11.9. The molecule has 36 heavy (non-hydrogen) atoms. The lowest BCUT2D eigenvalue weighted by molar-refractivity contribution is 0.438. The third-order valence-corrected chi connectivity index (χ3v) is 21.3. The molecule has 4 saturated heterocycles. The summed E-state index contributed by atoms with van der Waals surface area (Å²) in [5.74, 6) is 17.4. The van der Waals surface area contributed by atoms with E-state index < -0.39 is 0 Å². The summed E-state index contributed by atoms with van der Waals surface area (Å²) in [7, 11) is 0. The van der Waals surface area contributed by atoms with Gasteiger partial charge in [0.2, 0.25) is 0 Å². The summed E-state index contributed by atoms with van der Waals surface area (Å²) < 4.78 is 0. The van der Waals surface area contributed by atoms with Gasteiger partial charge in [0, 0.05) is 82.8 Å². The molecule has 0 radical (unpaired) electrons. The average Bonchev–Trinajstić information content (AvgIpc) is 2.73. The predicted octanol–water partition coefficient (Wildman–Crippen LogP) is 8.07. The van der Waals surface area contributed by atoms with E-state index in [0.29, 0.717) is 27.6 Å². The number of thiol groups is 3. The number of rotatable bonds is 20. The van der Waals surface area contributed by atoms with Crippen molar-refractivity contribution in [2.45, 2.75) is 62.4 Å². The molecular weight excluding hydrogens is 653 g/mol. The standard InChI is InChI=1S/C25H44S11/c26-19(5-17(7-35-22-13-31-14-22)24(27)1-3-33-20-9-29-10-20)6-18(8-36-23-15-32-16-23)25(28)2-4-34-21-11-30-12-21/h17-28H,1-16H2. The van der Waals surface area contributed by atoms with Gasteiger partial charge in [-0.25, -0.2) is 0 Å². The topological polar surface area (TPSA) is 0 Å². The summed E-state index contributed by atoms with van der Waals surface area (Å²) in [6, 6.07) is 0. The Bertz CT molecular complexity index is 545. The number of thioether (sulfide) groups is 8. The number of hydrogen-bond donors (Lipinski definition) is 3. The van der Waals surface area contributed by atoms with Gasteiger partial charge < -0.3 is 0 Å². The van der Waals surface area contributed by atoms with Crippen molar-refractivity contribution >= 4 is 132 Å². The summed E-state index contributed by atoms with van der Waals surface area (Å²) in [4.78, 5) is 0. The predicted molar refractivity (Wildman–Crippen MR) is 198 cm³/mol. The van der Waals surface area contributed by atoms with E-state index in [1.54, 1.807) is 0 Å². The Balaban J connectivity index is 1.24. The molecule has 0 aliphatic carbocycles. The fourth-order valence-electron chi connectivity index (χ4n) is 4.41. The van der Waals surface area contributed by atoms with E-state index in [0.717, 1.165) is 21.0 Å². The SMILES string of the molecule is SC(CC(CSC1CSC1)C(S)CCSC1CSC1)CC(CSC1CSC1)C(S)CCSC1CSC1. The van der Waals surface area contributed by atoms with Crippen LogP contribution in [0.1, 0.15) is 25.7 Å². The van der Waals surface area contributed by atoms with Crippen LogP contribution in [0.25, 0.3) is 0 Å². The van der Waals surface area contributed by atoms with Crippen LogP contribution >= 0.6 is 132 Å². The number of hydrogen-bond acceptors (Lipinski definition) is 11. The molecule has 210 valence electrons. The van der Waals surface area contributed by atoms with Crippen LogP contribution in [0.5, 0.6) is 0 Å². The Morgan fingerprint density at radius 3 is 1.17 bits per heavy atom. The van der Waals surface area contributed by atoms with E-state index >= 15 is 0 Å². The molecule has 4 rings (SSSR count). The minimum absolute atomic E-state index is 0.475. The van der Waals surface area contributed by atoms with Crippen LogP contribution in [0.2, 0.25) is 0 Å². The lowest BCUT2D eigenvalue weighted by Crippen LogP contribution is -2.30. The van der Waals surface area contributed by atoms with E-state index in [-0.39, 0.29) is 0 Å². The fourth-order valence-corrected chi connectivity index (χ4v) is 16.6. The molecule has 4 atom stereocenters. The summed E-state index contributed by atoms with van der Waals surface area (Å²) in [5.41, 5.74) is 0. The van der Waals surface area contributed by atoms with Crippen molar-refractivity contribution in [2.75, 3.05) is 69.0 Å². The van der Waals surface area contributed by atoms with Crippen LogP contribution in [0.3, 0.4) is 0 Å². The van der Waals surface area contributed by atoms with Crippen molar-refractivity contribution in [3.8, 4) is 0 Å². The van der Waals surface area contributed by atoms with Gasteiger partial charge in [0.05, 0.1) is 0 Å². The maximum atomic E-state index is 5.25. The van der Waals surface area contributed by atoms with Gasteiger partial charge in [-0.05, 0) is 60.5 Å². The zero-order valence-electron chi connectivity index (χ0n) is 21.1. The van der Waals surface area contributed by atoms with E-state index in [9.17, 15) is 0 Å². The highest BCUT2D eigenvalue weighted by Gasteiger charge is 2.30. The highest BCUT2D eigenvalue weighted by Crippen LogP contribution is 2.39. The molecule has 4 unspecified atom stereocenters. The van der Waals surface area contributed by atoms with Gasteiger partial charge in [-0.3, -0.25) is 0 Å². The van der Waals surface area contributed by atoms with Gasteiger partial charge in [0.25, 0.3) is 0 Å². The van der Waals surface area contributed by atoms with Crippen LogP contribution in [0.4, 0.5) is 0 Å². The van der Waals surface area contributed by atoms with Crippen molar-refractivity contribution in [2.24, 2.45) is 11.8 Å². The first kappa shape index (κ1) is 32.8. The molecule has 0 bridgehead atoms. The lowest BCUT2D eigenvalue weighted by atomic mass is 9.92. The second kappa shape index (κ2) is 18.5. The fraction of sp³-hybridized carbons (Fsp3) is 1.00. The normalized spacial score (nSPS) is 25.8. The van der Waals surface area contributed by atoms with Crippen LogP contribution in [0.15, 0.2) is 0 Å². The zero-order valence-corrected chi connectivity index (χ0v) is 30.3. The Labute approximate surface area is 272 Å². The summed E-state index contributed by atoms with van der Waals surface area (Å²) in [6.07, 6.45) is 4.96. The molecule has 0 nitrogen and oxygen atoms in total. The van der Waals surface area contributed by atoms with Gasteiger partial charge >= 0.3 is 0 Å². The molecule has 0 amide bonds. The summed E-state index contributed by atoms with van der Waals surface area (Å²) >= 11 is 32.9. The first-order valence-corrected chi connectivity index (χ1v) is 23.7. The quantitative estimate of drug-likeness (QED) is 0.108.